The molecule has 0 aromatic carbocycles. The molecule has 0 spiro atoms. The Hall–Kier alpha value is -1.93. The maximum atomic E-state index is 8.90. The summed E-state index contributed by atoms with van der Waals surface area (Å²) in [6.45, 7) is 0.775. The Bertz CT molecular complexity index is 578. The van der Waals surface area contributed by atoms with E-state index < -0.39 is 0 Å². The Kier molecular flexibility index (Phi) is 2.50. The van der Waals surface area contributed by atoms with Crippen LogP contribution in [0.25, 0.3) is 5.65 Å². The first-order chi connectivity index (χ1) is 8.38. The summed E-state index contributed by atoms with van der Waals surface area (Å²) in [4.78, 5) is 0. The first-order valence-electron chi connectivity index (χ1n) is 5.75. The number of rotatable bonds is 1. The molecular formula is C12H12N4O. The zero-order valence-corrected chi connectivity index (χ0v) is 9.33. The van der Waals surface area contributed by atoms with Crippen molar-refractivity contribution in [1.29, 1.82) is 5.26 Å². The van der Waals surface area contributed by atoms with Gasteiger partial charge in [-0.05, 0) is 31.4 Å². The monoisotopic (exact) mass is 228 g/mol. The summed E-state index contributed by atoms with van der Waals surface area (Å²) in [5, 5.41) is 17.2. The van der Waals surface area contributed by atoms with E-state index >= 15 is 0 Å². The number of aromatic nitrogens is 3. The van der Waals surface area contributed by atoms with Gasteiger partial charge in [0.2, 0.25) is 0 Å². The minimum atomic E-state index is 0.00712. The molecule has 0 aliphatic carbocycles. The first-order valence-corrected chi connectivity index (χ1v) is 5.75. The van der Waals surface area contributed by atoms with E-state index in [9.17, 15) is 0 Å². The van der Waals surface area contributed by atoms with Crippen LogP contribution in [0.5, 0.6) is 0 Å². The molecule has 3 rings (SSSR count). The quantitative estimate of drug-likeness (QED) is 0.747. The normalized spacial score (nSPS) is 20.3. The number of ether oxygens (including phenoxy) is 1. The number of nitriles is 1. The van der Waals surface area contributed by atoms with E-state index in [4.69, 9.17) is 10.00 Å². The second kappa shape index (κ2) is 4.15. The Morgan fingerprint density at radius 1 is 1.35 bits per heavy atom. The van der Waals surface area contributed by atoms with Crippen LogP contribution in [0.1, 0.15) is 36.8 Å². The van der Waals surface area contributed by atoms with Crippen LogP contribution >= 0.6 is 0 Å². The minimum absolute atomic E-state index is 0.00712. The number of nitrogens with zero attached hydrogens (tertiary/aromatic N) is 4. The van der Waals surface area contributed by atoms with E-state index in [2.05, 4.69) is 16.3 Å². The lowest BCUT2D eigenvalue weighted by atomic mass is 10.1. The van der Waals surface area contributed by atoms with Crippen molar-refractivity contribution < 1.29 is 4.74 Å². The van der Waals surface area contributed by atoms with Crippen LogP contribution in [0.4, 0.5) is 0 Å². The molecule has 5 nitrogen and oxygen atoms in total. The van der Waals surface area contributed by atoms with Gasteiger partial charge in [-0.2, -0.15) is 5.26 Å². The third-order valence-electron chi connectivity index (χ3n) is 3.03. The molecule has 1 atom stereocenters. The minimum Gasteiger partial charge on any atom is -0.370 e. The van der Waals surface area contributed by atoms with Gasteiger partial charge < -0.3 is 4.74 Å². The first kappa shape index (κ1) is 10.2. The van der Waals surface area contributed by atoms with Crippen LogP contribution in [0.15, 0.2) is 18.3 Å². The van der Waals surface area contributed by atoms with Gasteiger partial charge in [0.25, 0.3) is 0 Å². The fourth-order valence-electron chi connectivity index (χ4n) is 2.14. The Balaban J connectivity index is 2.06. The van der Waals surface area contributed by atoms with E-state index in [-0.39, 0.29) is 6.10 Å². The molecule has 1 aliphatic rings. The summed E-state index contributed by atoms with van der Waals surface area (Å²) in [7, 11) is 0. The van der Waals surface area contributed by atoms with Crippen molar-refractivity contribution in [1.82, 2.24) is 14.6 Å². The topological polar surface area (TPSA) is 63.2 Å². The summed E-state index contributed by atoms with van der Waals surface area (Å²) in [6, 6.07) is 5.67. The maximum absolute atomic E-state index is 8.90. The second-order valence-corrected chi connectivity index (χ2v) is 4.17. The highest BCUT2D eigenvalue weighted by Gasteiger charge is 2.21. The smallest absolute Gasteiger partial charge is 0.166 e. The van der Waals surface area contributed by atoms with Gasteiger partial charge in [0.1, 0.15) is 12.2 Å². The second-order valence-electron chi connectivity index (χ2n) is 4.17. The van der Waals surface area contributed by atoms with Crippen LogP contribution < -0.4 is 0 Å². The highest BCUT2D eigenvalue weighted by molar-refractivity contribution is 5.42. The fourth-order valence-corrected chi connectivity index (χ4v) is 2.14. The summed E-state index contributed by atoms with van der Waals surface area (Å²) in [6.07, 6.45) is 5.00. The number of fused-ring (bicyclic) bond motifs is 1. The standard InChI is InChI=1S/C12H12N4O/c13-7-9-4-5-11-14-15-12(16(11)8-9)10-3-1-2-6-17-10/h4-5,8,10H,1-3,6H2. The van der Waals surface area contributed by atoms with Crippen molar-refractivity contribution in [3.63, 3.8) is 0 Å². The van der Waals surface area contributed by atoms with Crippen molar-refractivity contribution in [3.8, 4) is 6.07 Å². The van der Waals surface area contributed by atoms with E-state index in [1.54, 1.807) is 18.3 Å². The van der Waals surface area contributed by atoms with E-state index in [0.29, 0.717) is 5.56 Å². The van der Waals surface area contributed by atoms with Gasteiger partial charge in [0.15, 0.2) is 11.5 Å². The SMILES string of the molecule is N#Cc1ccc2nnc(C3CCCCO3)n2c1. The molecule has 5 heteroatoms. The van der Waals surface area contributed by atoms with Gasteiger partial charge >= 0.3 is 0 Å². The molecule has 0 saturated carbocycles. The molecule has 0 bridgehead atoms. The molecule has 1 fully saturated rings. The van der Waals surface area contributed by atoms with E-state index in [1.165, 1.54) is 0 Å². The predicted octanol–water partition coefficient (Wildman–Crippen LogP) is 1.84. The molecule has 3 heterocycles. The van der Waals surface area contributed by atoms with Crippen molar-refractivity contribution >= 4 is 5.65 Å². The largest absolute Gasteiger partial charge is 0.370 e. The van der Waals surface area contributed by atoms with Crippen LogP contribution in [0.3, 0.4) is 0 Å². The van der Waals surface area contributed by atoms with Crippen molar-refractivity contribution in [2.45, 2.75) is 25.4 Å². The number of hydrogen-bond donors (Lipinski definition) is 0. The molecule has 0 radical (unpaired) electrons. The predicted molar refractivity (Wildman–Crippen MR) is 60.2 cm³/mol. The zero-order chi connectivity index (χ0) is 11.7. The van der Waals surface area contributed by atoms with E-state index in [0.717, 1.165) is 37.3 Å². The van der Waals surface area contributed by atoms with Crippen molar-refractivity contribution in [2.24, 2.45) is 0 Å². The van der Waals surface area contributed by atoms with Crippen molar-refractivity contribution in [2.75, 3.05) is 6.61 Å². The summed E-state index contributed by atoms with van der Waals surface area (Å²) >= 11 is 0. The van der Waals surface area contributed by atoms with Gasteiger partial charge in [-0.15, -0.1) is 10.2 Å². The van der Waals surface area contributed by atoms with Gasteiger partial charge in [0, 0.05) is 12.8 Å². The average Bonchev–Trinajstić information content (AvgIpc) is 2.82. The van der Waals surface area contributed by atoms with Gasteiger partial charge in [0.05, 0.1) is 5.56 Å². The molecule has 1 aliphatic heterocycles. The maximum Gasteiger partial charge on any atom is 0.166 e. The molecule has 2 aromatic rings. The third kappa shape index (κ3) is 1.77. The lowest BCUT2D eigenvalue weighted by molar-refractivity contribution is 0.00885. The third-order valence-corrected chi connectivity index (χ3v) is 3.03. The van der Waals surface area contributed by atoms with E-state index in [1.807, 2.05) is 4.40 Å². The summed E-state index contributed by atoms with van der Waals surface area (Å²) < 4.78 is 7.55. The molecule has 2 aromatic heterocycles. The van der Waals surface area contributed by atoms with Crippen molar-refractivity contribution in [3.05, 3.63) is 29.7 Å². The van der Waals surface area contributed by atoms with Gasteiger partial charge in [-0.1, -0.05) is 0 Å². The Morgan fingerprint density at radius 2 is 2.29 bits per heavy atom. The Morgan fingerprint density at radius 3 is 3.06 bits per heavy atom. The van der Waals surface area contributed by atoms with Gasteiger partial charge in [-0.25, -0.2) is 0 Å². The molecule has 17 heavy (non-hydrogen) atoms. The average molecular weight is 228 g/mol. The fraction of sp³-hybridized carbons (Fsp3) is 0.417. The molecular weight excluding hydrogens is 216 g/mol. The summed E-state index contributed by atoms with van der Waals surface area (Å²) in [5.74, 6) is 0.803. The van der Waals surface area contributed by atoms with Gasteiger partial charge in [-0.3, -0.25) is 4.40 Å². The summed E-state index contributed by atoms with van der Waals surface area (Å²) in [5.41, 5.74) is 1.36. The molecule has 1 unspecified atom stereocenters. The number of pyridine rings is 1. The lowest BCUT2D eigenvalue weighted by Gasteiger charge is -2.20. The molecule has 0 N–H and O–H groups in total. The highest BCUT2D eigenvalue weighted by atomic mass is 16.5. The molecule has 86 valence electrons. The van der Waals surface area contributed by atoms with Crippen LogP contribution in [-0.2, 0) is 4.74 Å². The zero-order valence-electron chi connectivity index (χ0n) is 9.33. The Labute approximate surface area is 98.6 Å². The molecule has 1 saturated heterocycles. The lowest BCUT2D eigenvalue weighted by Crippen LogP contribution is -2.14. The van der Waals surface area contributed by atoms with Crippen LogP contribution in [0, 0.1) is 11.3 Å². The number of hydrogen-bond acceptors (Lipinski definition) is 4. The van der Waals surface area contributed by atoms with Crippen LogP contribution in [-0.4, -0.2) is 21.2 Å². The van der Waals surface area contributed by atoms with Crippen LogP contribution in [0.2, 0.25) is 0 Å². The molecule has 0 amide bonds. The highest BCUT2D eigenvalue weighted by Crippen LogP contribution is 2.26.